The minimum Gasteiger partial charge on any atom is -0.462 e. The Morgan fingerprint density at radius 3 is 2.44 bits per heavy atom. The molecule has 4 aliphatic rings. The van der Waals surface area contributed by atoms with Crippen molar-refractivity contribution in [1.82, 2.24) is 0 Å². The van der Waals surface area contributed by atoms with Crippen LogP contribution in [0.3, 0.4) is 0 Å². The van der Waals surface area contributed by atoms with Crippen molar-refractivity contribution in [3.05, 3.63) is 52.6 Å². The molecule has 0 aromatic heterocycles. The Morgan fingerprint density at radius 1 is 1.05 bits per heavy atom. The summed E-state index contributed by atoms with van der Waals surface area (Å²) in [6.45, 7) is 4.95. The molecule has 2 aliphatic heterocycles. The highest BCUT2D eigenvalue weighted by Gasteiger charge is 2.55. The van der Waals surface area contributed by atoms with Crippen LogP contribution in [0.15, 0.2) is 47.1 Å². The molecule has 5 rings (SSSR count). The molecule has 2 saturated heterocycles. The molecule has 41 heavy (non-hydrogen) atoms. The second kappa shape index (κ2) is 11.7. The number of allylic oxidation sites excluding steroid dienone is 1. The number of hydrogen-bond donors (Lipinski definition) is 4. The summed E-state index contributed by atoms with van der Waals surface area (Å²) in [7, 11) is 0. The predicted octanol–water partition coefficient (Wildman–Crippen LogP) is 0.753. The van der Waals surface area contributed by atoms with Crippen LogP contribution >= 0.6 is 0 Å². The minimum atomic E-state index is -1.54. The van der Waals surface area contributed by atoms with Crippen LogP contribution in [0.5, 0.6) is 5.75 Å². The smallest absolute Gasteiger partial charge is 0.309 e. The molecule has 0 bridgehead atoms. The van der Waals surface area contributed by atoms with Crippen LogP contribution in [0.1, 0.15) is 39.2 Å². The van der Waals surface area contributed by atoms with Crippen molar-refractivity contribution in [2.75, 3.05) is 6.61 Å². The van der Waals surface area contributed by atoms with Crippen LogP contribution in [0.2, 0.25) is 0 Å². The highest BCUT2D eigenvalue weighted by atomic mass is 16.7. The van der Waals surface area contributed by atoms with E-state index in [-0.39, 0.29) is 30.0 Å². The molecule has 2 fully saturated rings. The second-order valence-electron chi connectivity index (χ2n) is 11.4. The number of ether oxygens (including phenoxy) is 4. The van der Waals surface area contributed by atoms with Crippen LogP contribution in [0.4, 0.5) is 0 Å². The number of rotatable bonds is 7. The van der Waals surface area contributed by atoms with E-state index in [4.69, 9.17) is 18.9 Å². The maximum Gasteiger partial charge on any atom is 0.309 e. The van der Waals surface area contributed by atoms with Gasteiger partial charge in [-0.3, -0.25) is 14.4 Å². The van der Waals surface area contributed by atoms with Gasteiger partial charge in [0.2, 0.25) is 6.29 Å². The number of carbonyl (C=O) groups excluding carboxylic acids is 3. The average molecular weight is 573 g/mol. The first-order chi connectivity index (χ1) is 19.5. The van der Waals surface area contributed by atoms with Crippen molar-refractivity contribution in [3.63, 3.8) is 0 Å². The van der Waals surface area contributed by atoms with E-state index in [0.29, 0.717) is 24.2 Å². The van der Waals surface area contributed by atoms with Gasteiger partial charge in [-0.25, -0.2) is 0 Å². The van der Waals surface area contributed by atoms with Gasteiger partial charge in [-0.15, -0.1) is 0 Å². The van der Waals surface area contributed by atoms with Crippen molar-refractivity contribution in [1.29, 1.82) is 0 Å². The zero-order valence-corrected chi connectivity index (χ0v) is 23.1. The Balaban J connectivity index is 1.20. The lowest BCUT2D eigenvalue weighted by Crippen LogP contribution is -2.60. The Kier molecular flexibility index (Phi) is 8.36. The molecule has 2 heterocycles. The van der Waals surface area contributed by atoms with Gasteiger partial charge in [0, 0.05) is 30.3 Å². The van der Waals surface area contributed by atoms with Gasteiger partial charge in [-0.2, -0.15) is 0 Å². The van der Waals surface area contributed by atoms with Crippen molar-refractivity contribution in [2.45, 2.75) is 82.9 Å². The monoisotopic (exact) mass is 572 g/mol. The number of aliphatic hydroxyl groups is 4. The molecule has 1 aromatic carbocycles. The molecule has 1 unspecified atom stereocenters. The quantitative estimate of drug-likeness (QED) is 0.340. The minimum absolute atomic E-state index is 0.0784. The molecule has 0 saturated carbocycles. The van der Waals surface area contributed by atoms with E-state index in [1.165, 1.54) is 0 Å². The molecule has 222 valence electrons. The fourth-order valence-electron chi connectivity index (χ4n) is 6.42. The number of aliphatic hydroxyl groups excluding tert-OH is 4. The molecule has 0 amide bonds. The summed E-state index contributed by atoms with van der Waals surface area (Å²) >= 11 is 0. The van der Waals surface area contributed by atoms with Crippen LogP contribution in [0.25, 0.3) is 0 Å². The largest absolute Gasteiger partial charge is 0.462 e. The van der Waals surface area contributed by atoms with E-state index in [2.05, 4.69) is 0 Å². The van der Waals surface area contributed by atoms with E-state index < -0.39 is 61.4 Å². The fourth-order valence-corrected chi connectivity index (χ4v) is 6.42. The number of benzene rings is 1. The first kappa shape index (κ1) is 29.4. The van der Waals surface area contributed by atoms with Crippen molar-refractivity contribution < 1.29 is 53.8 Å². The summed E-state index contributed by atoms with van der Waals surface area (Å²) < 4.78 is 22.7. The highest BCUT2D eigenvalue weighted by molar-refractivity contribution is 6.09. The van der Waals surface area contributed by atoms with Gasteiger partial charge in [0.05, 0.1) is 12.5 Å². The number of aryl methyl sites for hydroxylation is 1. The van der Waals surface area contributed by atoms with E-state index in [1.807, 2.05) is 13.8 Å². The van der Waals surface area contributed by atoms with E-state index >= 15 is 0 Å². The van der Waals surface area contributed by atoms with Crippen LogP contribution < -0.4 is 4.74 Å². The molecule has 11 heteroatoms. The summed E-state index contributed by atoms with van der Waals surface area (Å²) in [5.41, 5.74) is 3.16. The average Bonchev–Trinajstić information content (AvgIpc) is 3.36. The predicted molar refractivity (Wildman–Crippen MR) is 141 cm³/mol. The first-order valence-electron chi connectivity index (χ1n) is 13.9. The third kappa shape index (κ3) is 5.56. The third-order valence-electron chi connectivity index (χ3n) is 8.66. The first-order valence-corrected chi connectivity index (χ1v) is 13.9. The summed E-state index contributed by atoms with van der Waals surface area (Å²) in [6.07, 6.45) is -5.66. The number of carbonyl (C=O) groups is 3. The van der Waals surface area contributed by atoms with Crippen molar-refractivity contribution in [3.8, 4) is 5.75 Å². The van der Waals surface area contributed by atoms with Crippen LogP contribution in [-0.2, 0) is 35.0 Å². The van der Waals surface area contributed by atoms with Gasteiger partial charge < -0.3 is 39.4 Å². The Labute approximate surface area is 237 Å². The van der Waals surface area contributed by atoms with Crippen LogP contribution in [0, 0.1) is 17.8 Å². The molecular formula is C30H36O11. The lowest BCUT2D eigenvalue weighted by molar-refractivity contribution is -0.277. The van der Waals surface area contributed by atoms with Gasteiger partial charge in [0.1, 0.15) is 42.4 Å². The fraction of sp³-hybridized carbons (Fsp3) is 0.567. The Hall–Kier alpha value is -3.09. The molecule has 10 atom stereocenters. The Morgan fingerprint density at radius 2 is 1.76 bits per heavy atom. The number of hydrogen-bond acceptors (Lipinski definition) is 11. The summed E-state index contributed by atoms with van der Waals surface area (Å²) in [5.74, 6) is -1.68. The van der Waals surface area contributed by atoms with Gasteiger partial charge in [-0.1, -0.05) is 30.2 Å². The third-order valence-corrected chi connectivity index (χ3v) is 8.66. The van der Waals surface area contributed by atoms with E-state index in [9.17, 15) is 34.8 Å². The summed E-state index contributed by atoms with van der Waals surface area (Å²) in [5, 5.41) is 39.4. The number of fused-ring (bicyclic) bond motifs is 3. The molecule has 1 aromatic rings. The van der Waals surface area contributed by atoms with Gasteiger partial charge >= 0.3 is 11.9 Å². The molecule has 0 spiro atoms. The van der Waals surface area contributed by atoms with E-state index in [0.717, 1.165) is 16.7 Å². The molecular weight excluding hydrogens is 536 g/mol. The molecule has 11 nitrogen and oxygen atoms in total. The lowest BCUT2D eigenvalue weighted by atomic mass is 9.79. The zero-order valence-electron chi connectivity index (χ0n) is 23.1. The van der Waals surface area contributed by atoms with Crippen molar-refractivity contribution in [2.24, 2.45) is 17.8 Å². The maximum absolute atomic E-state index is 13.0. The second-order valence-corrected chi connectivity index (χ2v) is 11.4. The molecule has 4 N–H and O–H groups in total. The zero-order chi connectivity index (χ0) is 29.6. The molecule has 2 aliphatic carbocycles. The van der Waals surface area contributed by atoms with Crippen molar-refractivity contribution >= 4 is 17.7 Å². The Bertz CT molecular complexity index is 1250. The number of esters is 2. The van der Waals surface area contributed by atoms with Crippen LogP contribution in [-0.4, -0.2) is 87.7 Å². The lowest BCUT2D eigenvalue weighted by Gasteiger charge is -2.39. The van der Waals surface area contributed by atoms with E-state index in [1.54, 1.807) is 37.3 Å². The van der Waals surface area contributed by atoms with Gasteiger partial charge in [0.15, 0.2) is 5.78 Å². The normalized spacial score (nSPS) is 36.7. The molecule has 0 radical (unpaired) electrons. The summed E-state index contributed by atoms with van der Waals surface area (Å²) in [6, 6.07) is 6.69. The standard InChI is InChI=1S/C30H36O11/c1-13-10-18(32)22-14(2)11-19(24-15(3)29(37)41-28(24)23(13)22)39-21(33)9-6-16-4-7-17(8-5-16)38-30-27(36)26(35)25(34)20(12-31)40-30/h4-5,7-8,10,15,19-20,23-28,30-31,34-36H,6,9,11-12H2,1-3H3/t15-,19-,20+,23-,24+,25+,26-,27+,28+,30?/m0/s1. The highest BCUT2D eigenvalue weighted by Crippen LogP contribution is 2.48. The van der Waals surface area contributed by atoms with Gasteiger partial charge in [0.25, 0.3) is 0 Å². The maximum atomic E-state index is 13.0. The SMILES string of the molecule is CC1=CC(=O)C2=C(C)C[C@H](OC(=O)CCc3ccc(OC4O[C@H](CO)[C@@H](O)[C@H](O)[C@H]4O)cc3)[C@@H]3[C@H](OC(=O)[C@H]3C)[C@@H]12. The topological polar surface area (TPSA) is 169 Å². The summed E-state index contributed by atoms with van der Waals surface area (Å²) in [4.78, 5) is 38.2. The van der Waals surface area contributed by atoms with Gasteiger partial charge in [-0.05, 0) is 44.0 Å². The number of ketones is 1.